The highest BCUT2D eigenvalue weighted by atomic mass is 16.2. The molecule has 23 heavy (non-hydrogen) atoms. The van der Waals surface area contributed by atoms with Gasteiger partial charge in [0.05, 0.1) is 0 Å². The summed E-state index contributed by atoms with van der Waals surface area (Å²) in [6.45, 7) is 18.2. The van der Waals surface area contributed by atoms with Crippen LogP contribution in [0.15, 0.2) is 0 Å². The average molecular weight is 326 g/mol. The van der Waals surface area contributed by atoms with E-state index in [1.165, 1.54) is 19.3 Å². The Balaban J connectivity index is 0.00000127. The fraction of sp³-hybridized carbons (Fsp3) is 0.947. The summed E-state index contributed by atoms with van der Waals surface area (Å²) in [4.78, 5) is 19.4. The summed E-state index contributed by atoms with van der Waals surface area (Å²) in [5.41, 5.74) is 0. The summed E-state index contributed by atoms with van der Waals surface area (Å²) >= 11 is 0. The molecule has 0 aromatic rings. The first-order chi connectivity index (χ1) is 11.1. The van der Waals surface area contributed by atoms with Gasteiger partial charge in [-0.15, -0.1) is 0 Å². The van der Waals surface area contributed by atoms with Crippen LogP contribution in [0.5, 0.6) is 0 Å². The van der Waals surface area contributed by atoms with Crippen molar-refractivity contribution < 1.29 is 4.79 Å². The third-order valence-electron chi connectivity index (χ3n) is 5.32. The van der Waals surface area contributed by atoms with Gasteiger partial charge in [0.15, 0.2) is 0 Å². The van der Waals surface area contributed by atoms with Crippen LogP contribution in [0.3, 0.4) is 0 Å². The Kier molecular flexibility index (Phi) is 9.80. The van der Waals surface area contributed by atoms with Gasteiger partial charge in [-0.3, -0.25) is 9.69 Å². The Labute approximate surface area is 144 Å². The lowest BCUT2D eigenvalue weighted by Crippen LogP contribution is -2.49. The van der Waals surface area contributed by atoms with Crippen LogP contribution in [-0.2, 0) is 4.79 Å². The molecule has 0 aromatic heterocycles. The number of likely N-dealkylation sites (tertiary alicyclic amines) is 1. The van der Waals surface area contributed by atoms with Crippen LogP contribution < -0.4 is 0 Å². The molecule has 4 heteroatoms. The molecular formula is C19H39N3O. The molecule has 0 bridgehead atoms. The van der Waals surface area contributed by atoms with E-state index in [4.69, 9.17) is 0 Å². The average Bonchev–Trinajstić information content (AvgIpc) is 2.61. The van der Waals surface area contributed by atoms with Gasteiger partial charge in [-0.2, -0.15) is 0 Å². The fourth-order valence-electron chi connectivity index (χ4n) is 3.51. The van der Waals surface area contributed by atoms with E-state index in [-0.39, 0.29) is 0 Å². The predicted molar refractivity (Wildman–Crippen MR) is 98.7 cm³/mol. The Morgan fingerprint density at radius 1 is 1.00 bits per heavy atom. The minimum Gasteiger partial charge on any atom is -0.343 e. The Hall–Kier alpha value is -0.610. The topological polar surface area (TPSA) is 26.8 Å². The van der Waals surface area contributed by atoms with Crippen molar-refractivity contribution in [1.82, 2.24) is 14.7 Å². The smallest absolute Gasteiger partial charge is 0.223 e. The summed E-state index contributed by atoms with van der Waals surface area (Å²) in [7, 11) is 0. The minimum absolute atomic E-state index is 0.371. The SMILES string of the molecule is CC.CCC1CCN(C(=O)CCN2CCN(C(C)C)CC2)CC1. The molecule has 2 rings (SSSR count). The molecular weight excluding hydrogens is 286 g/mol. The summed E-state index contributed by atoms with van der Waals surface area (Å²) < 4.78 is 0. The first kappa shape index (κ1) is 20.4. The Morgan fingerprint density at radius 2 is 1.57 bits per heavy atom. The van der Waals surface area contributed by atoms with Crippen LogP contribution in [0.1, 0.15) is 60.3 Å². The number of amides is 1. The molecule has 2 fully saturated rings. The molecule has 136 valence electrons. The quantitative estimate of drug-likeness (QED) is 0.777. The van der Waals surface area contributed by atoms with Gasteiger partial charge in [-0.1, -0.05) is 27.2 Å². The van der Waals surface area contributed by atoms with Crippen LogP contribution in [0.25, 0.3) is 0 Å². The maximum Gasteiger partial charge on any atom is 0.223 e. The van der Waals surface area contributed by atoms with Crippen LogP contribution in [0.4, 0.5) is 0 Å². The summed E-state index contributed by atoms with van der Waals surface area (Å²) in [6, 6.07) is 0.647. The highest BCUT2D eigenvalue weighted by Crippen LogP contribution is 2.20. The summed E-state index contributed by atoms with van der Waals surface area (Å²) in [6.07, 6.45) is 4.38. The van der Waals surface area contributed by atoms with Crippen molar-refractivity contribution in [3.63, 3.8) is 0 Å². The number of carbonyl (C=O) groups is 1. The summed E-state index contributed by atoms with van der Waals surface area (Å²) in [5.74, 6) is 1.22. The number of hydrogen-bond donors (Lipinski definition) is 0. The van der Waals surface area contributed by atoms with Crippen molar-refractivity contribution >= 4 is 5.91 Å². The van der Waals surface area contributed by atoms with E-state index in [9.17, 15) is 4.79 Å². The molecule has 0 aliphatic carbocycles. The Bertz CT molecular complexity index is 317. The van der Waals surface area contributed by atoms with E-state index < -0.39 is 0 Å². The van der Waals surface area contributed by atoms with E-state index in [1.54, 1.807) is 0 Å². The second-order valence-electron chi connectivity index (χ2n) is 6.95. The number of nitrogens with zero attached hydrogens (tertiary/aromatic N) is 3. The molecule has 0 radical (unpaired) electrons. The second-order valence-corrected chi connectivity index (χ2v) is 6.95. The predicted octanol–water partition coefficient (Wildman–Crippen LogP) is 3.08. The van der Waals surface area contributed by atoms with E-state index in [2.05, 4.69) is 35.5 Å². The van der Waals surface area contributed by atoms with Gasteiger partial charge in [-0.25, -0.2) is 0 Å². The maximum atomic E-state index is 12.3. The molecule has 1 amide bonds. The maximum absolute atomic E-state index is 12.3. The van der Waals surface area contributed by atoms with Crippen LogP contribution in [-0.4, -0.2) is 72.5 Å². The van der Waals surface area contributed by atoms with E-state index in [0.717, 1.165) is 51.7 Å². The molecule has 0 atom stereocenters. The third kappa shape index (κ3) is 6.80. The standard InChI is InChI=1S/C17H33N3O.C2H6/c1-4-16-5-9-20(10-6-16)17(21)7-8-18-11-13-19(14-12-18)15(2)3;1-2/h15-16H,4-14H2,1-3H3;1-2H3. The molecule has 0 aromatic carbocycles. The second kappa shape index (κ2) is 11.0. The van der Waals surface area contributed by atoms with Crippen LogP contribution in [0, 0.1) is 5.92 Å². The third-order valence-corrected chi connectivity index (χ3v) is 5.32. The van der Waals surface area contributed by atoms with E-state index in [1.807, 2.05) is 13.8 Å². The molecule has 0 saturated carbocycles. The zero-order valence-corrected chi connectivity index (χ0v) is 16.2. The molecule has 0 N–H and O–H groups in total. The number of hydrogen-bond acceptors (Lipinski definition) is 3. The van der Waals surface area contributed by atoms with Gasteiger partial charge >= 0.3 is 0 Å². The van der Waals surface area contributed by atoms with Gasteiger partial charge in [0.2, 0.25) is 5.91 Å². The lowest BCUT2D eigenvalue weighted by Gasteiger charge is -2.37. The molecule has 2 heterocycles. The van der Waals surface area contributed by atoms with Gasteiger partial charge in [-0.05, 0) is 32.6 Å². The zero-order valence-electron chi connectivity index (χ0n) is 16.2. The largest absolute Gasteiger partial charge is 0.343 e. The highest BCUT2D eigenvalue weighted by Gasteiger charge is 2.23. The van der Waals surface area contributed by atoms with Gasteiger partial charge in [0, 0.05) is 58.3 Å². The lowest BCUT2D eigenvalue weighted by molar-refractivity contribution is -0.133. The monoisotopic (exact) mass is 325 g/mol. The van der Waals surface area contributed by atoms with Gasteiger partial charge in [0.25, 0.3) is 0 Å². The Morgan fingerprint density at radius 3 is 2.04 bits per heavy atom. The van der Waals surface area contributed by atoms with Crippen LogP contribution in [0.2, 0.25) is 0 Å². The molecule has 0 unspecified atom stereocenters. The van der Waals surface area contributed by atoms with E-state index in [0.29, 0.717) is 18.4 Å². The molecule has 2 saturated heterocycles. The van der Waals surface area contributed by atoms with Crippen molar-refractivity contribution in [2.75, 3.05) is 45.8 Å². The molecule has 4 nitrogen and oxygen atoms in total. The van der Waals surface area contributed by atoms with Gasteiger partial charge in [0.1, 0.15) is 0 Å². The van der Waals surface area contributed by atoms with Crippen molar-refractivity contribution in [1.29, 1.82) is 0 Å². The van der Waals surface area contributed by atoms with Crippen molar-refractivity contribution in [2.24, 2.45) is 5.92 Å². The zero-order chi connectivity index (χ0) is 17.2. The van der Waals surface area contributed by atoms with Crippen molar-refractivity contribution in [2.45, 2.75) is 66.3 Å². The lowest BCUT2D eigenvalue weighted by atomic mass is 9.94. The number of carbonyl (C=O) groups excluding carboxylic acids is 1. The normalized spacial score (nSPS) is 21.2. The highest BCUT2D eigenvalue weighted by molar-refractivity contribution is 5.76. The molecule has 2 aliphatic heterocycles. The fourth-order valence-corrected chi connectivity index (χ4v) is 3.51. The number of piperazine rings is 1. The van der Waals surface area contributed by atoms with Crippen molar-refractivity contribution in [3.05, 3.63) is 0 Å². The summed E-state index contributed by atoms with van der Waals surface area (Å²) in [5, 5.41) is 0. The van der Waals surface area contributed by atoms with Crippen LogP contribution >= 0.6 is 0 Å². The minimum atomic E-state index is 0.371. The van der Waals surface area contributed by atoms with Crippen molar-refractivity contribution in [3.8, 4) is 0 Å². The first-order valence-corrected chi connectivity index (χ1v) is 9.84. The number of piperidine rings is 1. The molecule has 2 aliphatic rings. The van der Waals surface area contributed by atoms with Gasteiger partial charge < -0.3 is 9.80 Å². The van der Waals surface area contributed by atoms with E-state index >= 15 is 0 Å². The molecule has 0 spiro atoms. The number of rotatable bonds is 5. The first-order valence-electron chi connectivity index (χ1n) is 9.84.